The highest BCUT2D eigenvalue weighted by Gasteiger charge is 2.22. The first kappa shape index (κ1) is 19.4. The molecule has 0 spiro atoms. The van der Waals surface area contributed by atoms with Crippen molar-refractivity contribution >= 4 is 77.9 Å². The van der Waals surface area contributed by atoms with E-state index in [9.17, 15) is 13.2 Å². The summed E-state index contributed by atoms with van der Waals surface area (Å²) in [7, 11) is -3.99. The molecule has 1 fully saturated rings. The van der Waals surface area contributed by atoms with E-state index in [4.69, 9.17) is 28.0 Å². The van der Waals surface area contributed by atoms with Gasteiger partial charge in [-0.25, -0.2) is 0 Å². The van der Waals surface area contributed by atoms with Gasteiger partial charge in [0.05, 0.1) is 9.38 Å². The number of carbonyl (C=O) groups excluding carboxylic acids is 1. The molecule has 0 atom stereocenters. The Balaban J connectivity index is 1.84. The Labute approximate surface area is 173 Å². The van der Waals surface area contributed by atoms with Crippen molar-refractivity contribution in [3.63, 3.8) is 0 Å². The molecule has 0 aliphatic carbocycles. The molecular weight excluding hydrogens is 482 g/mol. The van der Waals surface area contributed by atoms with Gasteiger partial charge in [-0.1, -0.05) is 41.6 Å². The number of hydrogen-bond acceptors (Lipinski definition) is 6. The highest BCUT2D eigenvalue weighted by Crippen LogP contribution is 2.32. The molecule has 1 saturated heterocycles. The molecule has 2 aromatic rings. The van der Waals surface area contributed by atoms with Gasteiger partial charge in [0.15, 0.2) is 5.75 Å². The van der Waals surface area contributed by atoms with Crippen LogP contribution in [0.2, 0.25) is 5.02 Å². The molecule has 0 unspecified atom stereocenters. The summed E-state index contributed by atoms with van der Waals surface area (Å²) in [5.74, 6) is -0.136. The minimum Gasteiger partial charge on any atom is -0.378 e. The van der Waals surface area contributed by atoms with Gasteiger partial charge in [-0.15, -0.1) is 0 Å². The van der Waals surface area contributed by atoms with Crippen molar-refractivity contribution in [2.75, 3.05) is 0 Å². The van der Waals surface area contributed by atoms with Crippen molar-refractivity contribution in [1.29, 1.82) is 0 Å². The average molecular weight is 491 g/mol. The van der Waals surface area contributed by atoms with Crippen molar-refractivity contribution < 1.29 is 17.4 Å². The van der Waals surface area contributed by atoms with Crippen molar-refractivity contribution in [3.8, 4) is 5.75 Å². The van der Waals surface area contributed by atoms with Crippen molar-refractivity contribution in [1.82, 2.24) is 5.32 Å². The van der Waals surface area contributed by atoms with Crippen molar-refractivity contribution in [3.05, 3.63) is 62.4 Å². The molecule has 1 heterocycles. The molecule has 1 aliphatic rings. The molecule has 134 valence electrons. The molecule has 1 N–H and O–H groups in total. The number of carbonyl (C=O) groups is 1. The fraction of sp³-hybridized carbons (Fsp3) is 0. The van der Waals surface area contributed by atoms with E-state index in [1.54, 1.807) is 18.2 Å². The van der Waals surface area contributed by atoms with E-state index >= 15 is 0 Å². The first-order valence-electron chi connectivity index (χ1n) is 6.99. The standard InChI is InChI=1S/C16H9BrClNO4S3/c17-12-7-9(8-14-15(20)19-16(24)25-14)1-6-13(12)23-26(21,22)11-4-2-10(18)3-5-11/h1-8H,(H,19,20,24)/b14-8-. The third-order valence-electron chi connectivity index (χ3n) is 3.20. The summed E-state index contributed by atoms with van der Waals surface area (Å²) in [4.78, 5) is 12.2. The summed E-state index contributed by atoms with van der Waals surface area (Å²) >= 11 is 15.2. The summed E-state index contributed by atoms with van der Waals surface area (Å²) in [6.45, 7) is 0. The van der Waals surface area contributed by atoms with Crippen LogP contribution < -0.4 is 9.50 Å². The van der Waals surface area contributed by atoms with Gasteiger partial charge in [-0.05, 0) is 64.0 Å². The van der Waals surface area contributed by atoms with Crippen LogP contribution in [0.1, 0.15) is 5.56 Å². The van der Waals surface area contributed by atoms with E-state index in [1.165, 1.54) is 42.1 Å². The maximum absolute atomic E-state index is 12.3. The number of hydrogen-bond donors (Lipinski definition) is 1. The number of benzene rings is 2. The largest absolute Gasteiger partial charge is 0.378 e. The Kier molecular flexibility index (Phi) is 5.73. The third kappa shape index (κ3) is 4.47. The summed E-state index contributed by atoms with van der Waals surface area (Å²) in [6, 6.07) is 10.5. The van der Waals surface area contributed by atoms with Gasteiger partial charge in [0.1, 0.15) is 9.22 Å². The fourth-order valence-corrected chi connectivity index (χ4v) is 4.72. The van der Waals surface area contributed by atoms with Gasteiger partial charge in [-0.2, -0.15) is 8.42 Å². The maximum atomic E-state index is 12.3. The second kappa shape index (κ2) is 7.69. The number of thiocarbonyl (C=S) groups is 1. The molecule has 10 heteroatoms. The lowest BCUT2D eigenvalue weighted by molar-refractivity contribution is -0.115. The van der Waals surface area contributed by atoms with Gasteiger partial charge in [0.2, 0.25) is 0 Å². The molecule has 1 amide bonds. The zero-order chi connectivity index (χ0) is 18.9. The minimum absolute atomic E-state index is 0.00691. The second-order valence-corrected chi connectivity index (χ2v) is 9.59. The van der Waals surface area contributed by atoms with Crippen LogP contribution in [0.4, 0.5) is 0 Å². The van der Waals surface area contributed by atoms with Gasteiger partial charge in [0, 0.05) is 5.02 Å². The van der Waals surface area contributed by atoms with E-state index in [0.29, 0.717) is 24.3 Å². The molecule has 1 aliphatic heterocycles. The fourth-order valence-electron chi connectivity index (χ4n) is 2.01. The van der Waals surface area contributed by atoms with E-state index < -0.39 is 10.1 Å². The van der Waals surface area contributed by atoms with Crippen molar-refractivity contribution in [2.24, 2.45) is 0 Å². The maximum Gasteiger partial charge on any atom is 0.339 e. The summed E-state index contributed by atoms with van der Waals surface area (Å²) < 4.78 is 30.7. The SMILES string of the molecule is O=C1NC(=S)S/C1=C\c1ccc(OS(=O)(=O)c2ccc(Cl)cc2)c(Br)c1. The Bertz CT molecular complexity index is 1040. The monoisotopic (exact) mass is 489 g/mol. The zero-order valence-corrected chi connectivity index (χ0v) is 17.5. The predicted molar refractivity (Wildman–Crippen MR) is 110 cm³/mol. The molecule has 5 nitrogen and oxygen atoms in total. The van der Waals surface area contributed by atoms with Crippen LogP contribution in [-0.4, -0.2) is 18.6 Å². The third-order valence-corrected chi connectivity index (χ3v) is 6.48. The number of halogens is 2. The van der Waals surface area contributed by atoms with Gasteiger partial charge in [0.25, 0.3) is 5.91 Å². The first-order valence-corrected chi connectivity index (χ1v) is 10.8. The van der Waals surface area contributed by atoms with E-state index in [2.05, 4.69) is 21.2 Å². The lowest BCUT2D eigenvalue weighted by Crippen LogP contribution is -2.17. The van der Waals surface area contributed by atoms with Crippen molar-refractivity contribution in [2.45, 2.75) is 4.90 Å². The summed E-state index contributed by atoms with van der Waals surface area (Å²) in [5.41, 5.74) is 0.690. The average Bonchev–Trinajstić information content (AvgIpc) is 2.88. The van der Waals surface area contributed by atoms with E-state index in [-0.39, 0.29) is 16.6 Å². The number of amides is 1. The first-order chi connectivity index (χ1) is 12.2. The summed E-state index contributed by atoms with van der Waals surface area (Å²) in [5, 5.41) is 2.96. The zero-order valence-electron chi connectivity index (χ0n) is 12.7. The highest BCUT2D eigenvalue weighted by molar-refractivity contribution is 9.10. The number of thioether (sulfide) groups is 1. The predicted octanol–water partition coefficient (Wildman–Crippen LogP) is 4.36. The normalized spacial score (nSPS) is 16.0. The second-order valence-electron chi connectivity index (χ2n) is 5.03. The van der Waals surface area contributed by atoms with Crippen LogP contribution in [0, 0.1) is 0 Å². The smallest absolute Gasteiger partial charge is 0.339 e. The molecule has 2 aromatic carbocycles. The molecule has 0 aromatic heterocycles. The Morgan fingerprint density at radius 1 is 1.19 bits per heavy atom. The van der Waals surface area contributed by atoms with Gasteiger partial charge in [-0.3, -0.25) is 4.79 Å². The van der Waals surface area contributed by atoms with E-state index in [0.717, 1.165) is 0 Å². The minimum atomic E-state index is -3.99. The topological polar surface area (TPSA) is 72.5 Å². The number of nitrogens with one attached hydrogen (secondary N) is 1. The Morgan fingerprint density at radius 3 is 2.46 bits per heavy atom. The quantitative estimate of drug-likeness (QED) is 0.390. The van der Waals surface area contributed by atoms with Crippen LogP contribution in [0.15, 0.2) is 56.7 Å². The lowest BCUT2D eigenvalue weighted by Gasteiger charge is -2.09. The number of rotatable bonds is 4. The van der Waals surface area contributed by atoms with Crippen LogP contribution in [-0.2, 0) is 14.9 Å². The summed E-state index contributed by atoms with van der Waals surface area (Å²) in [6.07, 6.45) is 1.65. The van der Waals surface area contributed by atoms with Gasteiger partial charge < -0.3 is 9.50 Å². The van der Waals surface area contributed by atoms with Crippen LogP contribution in [0.3, 0.4) is 0 Å². The molecule has 0 bridgehead atoms. The Morgan fingerprint density at radius 2 is 1.88 bits per heavy atom. The lowest BCUT2D eigenvalue weighted by atomic mass is 10.2. The molecule has 26 heavy (non-hydrogen) atoms. The van der Waals surface area contributed by atoms with E-state index in [1.807, 2.05) is 0 Å². The molecule has 3 rings (SSSR count). The Hall–Kier alpha value is -1.39. The van der Waals surface area contributed by atoms with Crippen LogP contribution in [0.25, 0.3) is 6.08 Å². The molecule has 0 radical (unpaired) electrons. The molecule has 0 saturated carbocycles. The van der Waals surface area contributed by atoms with Crippen LogP contribution in [0.5, 0.6) is 5.75 Å². The van der Waals surface area contributed by atoms with Crippen LogP contribution >= 0.6 is 51.5 Å². The van der Waals surface area contributed by atoms with Gasteiger partial charge >= 0.3 is 10.1 Å². The molecular formula is C16H9BrClNO4S3. The highest BCUT2D eigenvalue weighted by atomic mass is 79.9.